The summed E-state index contributed by atoms with van der Waals surface area (Å²) in [4.78, 5) is 8.41. The predicted molar refractivity (Wildman–Crippen MR) is 93.4 cm³/mol. The molecule has 24 heavy (non-hydrogen) atoms. The maximum Gasteiger partial charge on any atom is 0.216 e. The summed E-state index contributed by atoms with van der Waals surface area (Å²) in [5.41, 5.74) is 0.827. The number of fused-ring (bicyclic) bond motifs is 1. The predicted octanol–water partition coefficient (Wildman–Crippen LogP) is 1.48. The summed E-state index contributed by atoms with van der Waals surface area (Å²) in [5.74, 6) is 0.671. The third-order valence-corrected chi connectivity index (χ3v) is 5.78. The van der Waals surface area contributed by atoms with Crippen LogP contribution < -0.4 is 5.32 Å². The Morgan fingerprint density at radius 3 is 2.67 bits per heavy atom. The highest BCUT2D eigenvalue weighted by molar-refractivity contribution is 7.89. The zero-order chi connectivity index (χ0) is 17.2. The van der Waals surface area contributed by atoms with Gasteiger partial charge in [0.25, 0.3) is 0 Å². The molecule has 0 bridgehead atoms. The average Bonchev–Trinajstić information content (AvgIpc) is 2.54. The van der Waals surface area contributed by atoms with Crippen LogP contribution in [-0.4, -0.2) is 60.3 Å². The topological polar surface area (TPSA) is 84.4 Å². The molecule has 1 saturated heterocycles. The van der Waals surface area contributed by atoms with E-state index in [1.807, 2.05) is 38.1 Å². The molecule has 7 nitrogen and oxygen atoms in total. The van der Waals surface area contributed by atoms with Gasteiger partial charge in [0.1, 0.15) is 12.1 Å². The van der Waals surface area contributed by atoms with Crippen LogP contribution in [0.25, 0.3) is 10.9 Å². The highest BCUT2D eigenvalue weighted by Crippen LogP contribution is 2.19. The highest BCUT2D eigenvalue weighted by atomic mass is 32.2. The molecule has 1 aliphatic heterocycles. The van der Waals surface area contributed by atoms with E-state index in [9.17, 15) is 8.42 Å². The lowest BCUT2D eigenvalue weighted by Gasteiger charge is -2.34. The number of morpholine rings is 1. The minimum Gasteiger partial charge on any atom is -0.373 e. The molecule has 130 valence electrons. The molecule has 2 aromatic rings. The van der Waals surface area contributed by atoms with Gasteiger partial charge in [0.05, 0.1) is 23.5 Å². The molecule has 1 fully saturated rings. The van der Waals surface area contributed by atoms with Gasteiger partial charge in [-0.3, -0.25) is 0 Å². The van der Waals surface area contributed by atoms with Crippen LogP contribution in [0.5, 0.6) is 0 Å². The summed E-state index contributed by atoms with van der Waals surface area (Å²) >= 11 is 0. The number of benzene rings is 1. The summed E-state index contributed by atoms with van der Waals surface area (Å²) in [6, 6.07) is 7.63. The van der Waals surface area contributed by atoms with Crippen LogP contribution in [0.15, 0.2) is 30.6 Å². The van der Waals surface area contributed by atoms with Gasteiger partial charge in [0, 0.05) is 25.0 Å². The van der Waals surface area contributed by atoms with Crippen molar-refractivity contribution in [1.29, 1.82) is 0 Å². The number of hydrogen-bond acceptors (Lipinski definition) is 6. The number of nitrogens with zero attached hydrogens (tertiary/aromatic N) is 3. The molecular weight excluding hydrogens is 328 g/mol. The van der Waals surface area contributed by atoms with E-state index in [0.29, 0.717) is 25.5 Å². The molecule has 2 atom stereocenters. The molecule has 0 aliphatic carbocycles. The Labute approximate surface area is 142 Å². The first kappa shape index (κ1) is 17.1. The largest absolute Gasteiger partial charge is 0.373 e. The standard InChI is InChI=1S/C16H22N4O3S/c1-12-9-20(10-13(2)23-12)24(21,22)8-7-17-16-14-5-3-4-6-15(14)18-11-19-16/h3-6,11-13H,7-10H2,1-2H3,(H,17,18,19)/t12-,13-/m1/s1. The van der Waals surface area contributed by atoms with Crippen molar-refractivity contribution in [2.24, 2.45) is 0 Å². The summed E-state index contributed by atoms with van der Waals surface area (Å²) in [7, 11) is -3.33. The molecule has 0 saturated carbocycles. The normalized spacial score (nSPS) is 22.6. The zero-order valence-corrected chi connectivity index (χ0v) is 14.7. The summed E-state index contributed by atoms with van der Waals surface area (Å²) < 4.78 is 32.2. The summed E-state index contributed by atoms with van der Waals surface area (Å²) in [6.45, 7) is 4.89. The van der Waals surface area contributed by atoms with E-state index < -0.39 is 10.0 Å². The van der Waals surface area contributed by atoms with Crippen LogP contribution in [0, 0.1) is 0 Å². The molecule has 2 heterocycles. The second kappa shape index (κ2) is 7.00. The highest BCUT2D eigenvalue weighted by Gasteiger charge is 2.30. The van der Waals surface area contributed by atoms with Gasteiger partial charge in [0.2, 0.25) is 10.0 Å². The maximum atomic E-state index is 12.5. The molecule has 1 aromatic carbocycles. The minimum atomic E-state index is -3.33. The Kier molecular flexibility index (Phi) is 4.98. The lowest BCUT2D eigenvalue weighted by Crippen LogP contribution is -2.49. The zero-order valence-electron chi connectivity index (χ0n) is 13.8. The SMILES string of the molecule is C[C@@H]1CN(S(=O)(=O)CCNc2ncnc3ccccc23)C[C@@H](C)O1. The van der Waals surface area contributed by atoms with Crippen LogP contribution in [0.2, 0.25) is 0 Å². The van der Waals surface area contributed by atoms with Crippen LogP contribution >= 0.6 is 0 Å². The number of rotatable bonds is 5. The van der Waals surface area contributed by atoms with E-state index in [2.05, 4.69) is 15.3 Å². The maximum absolute atomic E-state index is 12.5. The molecule has 0 spiro atoms. The fourth-order valence-electron chi connectivity index (χ4n) is 2.93. The van der Waals surface area contributed by atoms with Gasteiger partial charge in [-0.25, -0.2) is 18.4 Å². The third-order valence-electron chi connectivity index (χ3n) is 3.97. The number of hydrogen-bond donors (Lipinski definition) is 1. The van der Waals surface area contributed by atoms with Gasteiger partial charge in [-0.1, -0.05) is 12.1 Å². The number of para-hydroxylation sites is 1. The first-order valence-corrected chi connectivity index (χ1v) is 9.63. The molecule has 0 radical (unpaired) electrons. The molecule has 0 unspecified atom stereocenters. The minimum absolute atomic E-state index is 0.0186. The molecule has 1 aromatic heterocycles. The fourth-order valence-corrected chi connectivity index (χ4v) is 4.42. The van der Waals surface area contributed by atoms with Gasteiger partial charge < -0.3 is 10.1 Å². The summed E-state index contributed by atoms with van der Waals surface area (Å²) in [6.07, 6.45) is 1.31. The van der Waals surface area contributed by atoms with E-state index in [1.165, 1.54) is 10.6 Å². The molecule has 0 amide bonds. The molecule has 3 rings (SSSR count). The van der Waals surface area contributed by atoms with E-state index in [-0.39, 0.29) is 18.0 Å². The molecule has 1 aliphatic rings. The van der Waals surface area contributed by atoms with Crippen LogP contribution in [0.3, 0.4) is 0 Å². The van der Waals surface area contributed by atoms with Crippen molar-refractivity contribution in [3.63, 3.8) is 0 Å². The van der Waals surface area contributed by atoms with Gasteiger partial charge in [-0.15, -0.1) is 0 Å². The van der Waals surface area contributed by atoms with Crippen molar-refractivity contribution in [2.75, 3.05) is 30.7 Å². The number of sulfonamides is 1. The van der Waals surface area contributed by atoms with Gasteiger partial charge in [-0.05, 0) is 26.0 Å². The number of anilines is 1. The second-order valence-electron chi connectivity index (χ2n) is 6.06. The quantitative estimate of drug-likeness (QED) is 0.879. The first-order chi connectivity index (χ1) is 11.5. The first-order valence-electron chi connectivity index (χ1n) is 8.02. The van der Waals surface area contributed by atoms with Crippen molar-refractivity contribution in [3.8, 4) is 0 Å². The van der Waals surface area contributed by atoms with Crippen molar-refractivity contribution < 1.29 is 13.2 Å². The van der Waals surface area contributed by atoms with Crippen LogP contribution in [-0.2, 0) is 14.8 Å². The van der Waals surface area contributed by atoms with Crippen molar-refractivity contribution >= 4 is 26.7 Å². The van der Waals surface area contributed by atoms with Crippen LogP contribution in [0.4, 0.5) is 5.82 Å². The van der Waals surface area contributed by atoms with E-state index in [1.54, 1.807) is 0 Å². The smallest absolute Gasteiger partial charge is 0.216 e. The average molecular weight is 350 g/mol. The van der Waals surface area contributed by atoms with Crippen molar-refractivity contribution in [3.05, 3.63) is 30.6 Å². The number of nitrogens with one attached hydrogen (secondary N) is 1. The Bertz CT molecular complexity index is 797. The lowest BCUT2D eigenvalue weighted by molar-refractivity contribution is -0.0440. The van der Waals surface area contributed by atoms with Gasteiger partial charge >= 0.3 is 0 Å². The van der Waals surface area contributed by atoms with E-state index in [4.69, 9.17) is 4.74 Å². The molecule has 8 heteroatoms. The number of ether oxygens (including phenoxy) is 1. The van der Waals surface area contributed by atoms with Gasteiger partial charge in [-0.2, -0.15) is 4.31 Å². The lowest BCUT2D eigenvalue weighted by atomic mass is 10.2. The number of aromatic nitrogens is 2. The fraction of sp³-hybridized carbons (Fsp3) is 0.500. The van der Waals surface area contributed by atoms with E-state index in [0.717, 1.165) is 10.9 Å². The second-order valence-corrected chi connectivity index (χ2v) is 8.14. The van der Waals surface area contributed by atoms with E-state index >= 15 is 0 Å². The Morgan fingerprint density at radius 1 is 1.21 bits per heavy atom. The Morgan fingerprint density at radius 2 is 1.92 bits per heavy atom. The summed E-state index contributed by atoms with van der Waals surface area (Å²) in [5, 5.41) is 4.00. The third kappa shape index (κ3) is 3.82. The van der Waals surface area contributed by atoms with Crippen LogP contribution in [0.1, 0.15) is 13.8 Å². The Hall–Kier alpha value is -1.77. The monoisotopic (exact) mass is 350 g/mol. The molecule has 1 N–H and O–H groups in total. The van der Waals surface area contributed by atoms with Crippen molar-refractivity contribution in [1.82, 2.24) is 14.3 Å². The Balaban J connectivity index is 1.65. The van der Waals surface area contributed by atoms with Gasteiger partial charge in [0.15, 0.2) is 0 Å². The molecular formula is C16H22N4O3S. The van der Waals surface area contributed by atoms with Crippen molar-refractivity contribution in [2.45, 2.75) is 26.1 Å².